The number of hydrogen-bond acceptors (Lipinski definition) is 2. The van der Waals surface area contributed by atoms with Gasteiger partial charge in [0.05, 0.1) is 14.3 Å². The van der Waals surface area contributed by atoms with Gasteiger partial charge in [0.25, 0.3) is 5.91 Å². The summed E-state index contributed by atoms with van der Waals surface area (Å²) in [6, 6.07) is 3.65. The molecule has 0 bridgehead atoms. The Kier molecular flexibility index (Phi) is 5.10. The van der Waals surface area contributed by atoms with Gasteiger partial charge in [-0.2, -0.15) is 0 Å². The Bertz CT molecular complexity index is 357. The van der Waals surface area contributed by atoms with E-state index in [2.05, 4.69) is 50.5 Å². The van der Waals surface area contributed by atoms with Gasteiger partial charge in [-0.1, -0.05) is 0 Å². The Balaban J connectivity index is 3.08. The van der Waals surface area contributed by atoms with Crippen LogP contribution in [-0.4, -0.2) is 19.6 Å². The molecule has 0 aliphatic heterocycles. The summed E-state index contributed by atoms with van der Waals surface area (Å²) >= 11 is 4.33. The van der Waals surface area contributed by atoms with Crippen LogP contribution in [0.4, 0.5) is 0 Å². The largest absolute Gasteiger partial charge is 0.495 e. The van der Waals surface area contributed by atoms with Crippen LogP contribution < -0.4 is 10.1 Å². The Hall–Kier alpha value is -0.0500. The van der Waals surface area contributed by atoms with Gasteiger partial charge in [0.15, 0.2) is 0 Å². The predicted octanol–water partition coefficient (Wildman–Crippen LogP) is 2.65. The molecule has 0 spiro atoms. The minimum atomic E-state index is -0.0454. The first-order valence-corrected chi connectivity index (χ1v) is 6.57. The highest BCUT2D eigenvalue weighted by atomic mass is 127. The van der Waals surface area contributed by atoms with Crippen molar-refractivity contribution in [1.82, 2.24) is 5.32 Å². The predicted molar refractivity (Wildman–Crippen MR) is 76.4 cm³/mol. The Morgan fingerprint density at radius 1 is 1.40 bits per heavy atom. The lowest BCUT2D eigenvalue weighted by molar-refractivity contribution is 0.0955. The van der Waals surface area contributed by atoms with Gasteiger partial charge in [0.1, 0.15) is 5.75 Å². The van der Waals surface area contributed by atoms with Crippen molar-refractivity contribution in [2.45, 2.75) is 6.92 Å². The van der Waals surface area contributed by atoms with Crippen LogP contribution in [0.5, 0.6) is 5.75 Å². The minimum absolute atomic E-state index is 0.0454. The van der Waals surface area contributed by atoms with Crippen molar-refractivity contribution in [1.29, 1.82) is 0 Å². The first-order valence-electron chi connectivity index (χ1n) is 4.41. The van der Waals surface area contributed by atoms with Crippen molar-refractivity contribution in [2.24, 2.45) is 0 Å². The lowest BCUT2D eigenvalue weighted by atomic mass is 10.2. The summed E-state index contributed by atoms with van der Waals surface area (Å²) in [6.45, 7) is 2.54. The zero-order valence-corrected chi connectivity index (χ0v) is 12.7. The van der Waals surface area contributed by atoms with Crippen LogP contribution in [-0.2, 0) is 0 Å². The van der Waals surface area contributed by atoms with E-state index in [4.69, 9.17) is 4.74 Å². The molecule has 0 aliphatic rings. The molecule has 0 unspecified atom stereocenters. The molecule has 0 atom stereocenters. The standard InChI is InChI=1S/C10H11I2NO2/c1-3-13-10(14)6-4-7(11)9(15-2)8(12)5-6/h4-5H,3H2,1-2H3,(H,13,14). The molecular formula is C10H11I2NO2. The normalized spacial score (nSPS) is 9.87. The second-order valence-electron chi connectivity index (χ2n) is 2.83. The van der Waals surface area contributed by atoms with Gasteiger partial charge >= 0.3 is 0 Å². The monoisotopic (exact) mass is 431 g/mol. The zero-order chi connectivity index (χ0) is 11.4. The number of carbonyl (C=O) groups is 1. The molecule has 1 rings (SSSR count). The lowest BCUT2D eigenvalue weighted by Crippen LogP contribution is -2.22. The fourth-order valence-corrected chi connectivity index (χ4v) is 3.36. The molecule has 1 N–H and O–H groups in total. The maximum Gasteiger partial charge on any atom is 0.251 e. The summed E-state index contributed by atoms with van der Waals surface area (Å²) < 4.78 is 7.12. The number of rotatable bonds is 3. The van der Waals surface area contributed by atoms with Crippen molar-refractivity contribution in [3.63, 3.8) is 0 Å². The van der Waals surface area contributed by atoms with E-state index in [0.29, 0.717) is 12.1 Å². The maximum atomic E-state index is 11.6. The van der Waals surface area contributed by atoms with E-state index in [-0.39, 0.29) is 5.91 Å². The van der Waals surface area contributed by atoms with Crippen LogP contribution in [0.15, 0.2) is 12.1 Å². The molecule has 0 heterocycles. The molecule has 0 radical (unpaired) electrons. The Labute approximate surface area is 116 Å². The zero-order valence-electron chi connectivity index (χ0n) is 8.43. The third kappa shape index (κ3) is 3.20. The van der Waals surface area contributed by atoms with Crippen molar-refractivity contribution < 1.29 is 9.53 Å². The molecule has 0 saturated heterocycles. The summed E-state index contributed by atoms with van der Waals surface area (Å²) in [5, 5.41) is 2.77. The second-order valence-corrected chi connectivity index (χ2v) is 5.16. The lowest BCUT2D eigenvalue weighted by Gasteiger charge is -2.09. The molecule has 0 aromatic heterocycles. The van der Waals surface area contributed by atoms with E-state index in [1.807, 2.05) is 19.1 Å². The van der Waals surface area contributed by atoms with Crippen molar-refractivity contribution in [3.05, 3.63) is 24.8 Å². The summed E-state index contributed by atoms with van der Waals surface area (Å²) in [5.74, 6) is 0.778. The van der Waals surface area contributed by atoms with E-state index in [1.165, 1.54) is 0 Å². The molecule has 1 aromatic carbocycles. The Morgan fingerprint density at radius 2 is 1.93 bits per heavy atom. The number of benzene rings is 1. The van der Waals surface area contributed by atoms with Crippen LogP contribution in [0.2, 0.25) is 0 Å². The highest BCUT2D eigenvalue weighted by molar-refractivity contribution is 14.1. The van der Waals surface area contributed by atoms with Gasteiger partial charge in [-0.25, -0.2) is 0 Å². The number of hydrogen-bond donors (Lipinski definition) is 1. The first-order chi connectivity index (χ1) is 7.10. The van der Waals surface area contributed by atoms with E-state index in [1.54, 1.807) is 7.11 Å². The molecule has 1 aromatic rings. The number of amides is 1. The number of methoxy groups -OCH3 is 1. The van der Waals surface area contributed by atoms with Gasteiger partial charge in [0.2, 0.25) is 0 Å². The summed E-state index contributed by atoms with van der Waals surface area (Å²) in [5.41, 5.74) is 0.673. The molecule has 1 amide bonds. The highest BCUT2D eigenvalue weighted by Crippen LogP contribution is 2.28. The fraction of sp³-hybridized carbons (Fsp3) is 0.300. The van der Waals surface area contributed by atoms with Gasteiger partial charge in [-0.15, -0.1) is 0 Å². The third-order valence-corrected chi connectivity index (χ3v) is 3.40. The molecule has 82 valence electrons. The number of ether oxygens (including phenoxy) is 1. The molecular weight excluding hydrogens is 420 g/mol. The maximum absolute atomic E-state index is 11.6. The highest BCUT2D eigenvalue weighted by Gasteiger charge is 2.11. The molecule has 0 fully saturated rings. The molecule has 0 aliphatic carbocycles. The van der Waals surface area contributed by atoms with Gasteiger partial charge in [-0.3, -0.25) is 4.79 Å². The van der Waals surface area contributed by atoms with E-state index in [0.717, 1.165) is 12.9 Å². The van der Waals surface area contributed by atoms with Crippen LogP contribution in [0.1, 0.15) is 17.3 Å². The molecule has 0 saturated carbocycles. The van der Waals surface area contributed by atoms with Crippen LogP contribution in [0.3, 0.4) is 0 Å². The number of nitrogens with one attached hydrogen (secondary N) is 1. The summed E-state index contributed by atoms with van der Waals surface area (Å²) in [7, 11) is 1.63. The third-order valence-electron chi connectivity index (χ3n) is 1.80. The number of carbonyl (C=O) groups excluding carboxylic acids is 1. The smallest absolute Gasteiger partial charge is 0.251 e. The quantitative estimate of drug-likeness (QED) is 0.749. The SMILES string of the molecule is CCNC(=O)c1cc(I)c(OC)c(I)c1. The minimum Gasteiger partial charge on any atom is -0.495 e. The van der Waals surface area contributed by atoms with Crippen molar-refractivity contribution >= 4 is 51.1 Å². The topological polar surface area (TPSA) is 38.3 Å². The van der Waals surface area contributed by atoms with E-state index < -0.39 is 0 Å². The van der Waals surface area contributed by atoms with Gasteiger partial charge in [-0.05, 0) is 64.2 Å². The number of halogens is 2. The average molecular weight is 431 g/mol. The van der Waals surface area contributed by atoms with Crippen LogP contribution in [0, 0.1) is 7.14 Å². The molecule has 5 heteroatoms. The van der Waals surface area contributed by atoms with Gasteiger partial charge in [0, 0.05) is 12.1 Å². The average Bonchev–Trinajstić information content (AvgIpc) is 2.17. The van der Waals surface area contributed by atoms with E-state index >= 15 is 0 Å². The van der Waals surface area contributed by atoms with Crippen LogP contribution >= 0.6 is 45.2 Å². The first kappa shape index (κ1) is 13.0. The van der Waals surface area contributed by atoms with Crippen molar-refractivity contribution in [2.75, 3.05) is 13.7 Å². The Morgan fingerprint density at radius 3 is 2.33 bits per heavy atom. The van der Waals surface area contributed by atoms with Crippen LogP contribution in [0.25, 0.3) is 0 Å². The van der Waals surface area contributed by atoms with Crippen molar-refractivity contribution in [3.8, 4) is 5.75 Å². The van der Waals surface area contributed by atoms with Gasteiger partial charge < -0.3 is 10.1 Å². The van der Waals surface area contributed by atoms with E-state index in [9.17, 15) is 4.79 Å². The summed E-state index contributed by atoms with van der Waals surface area (Å²) in [4.78, 5) is 11.6. The molecule has 15 heavy (non-hydrogen) atoms. The summed E-state index contributed by atoms with van der Waals surface area (Å²) in [6.07, 6.45) is 0. The second kappa shape index (κ2) is 5.88. The molecule has 3 nitrogen and oxygen atoms in total. The fourth-order valence-electron chi connectivity index (χ4n) is 1.15.